The molecule has 3 aromatic carbocycles. The van der Waals surface area contributed by atoms with Gasteiger partial charge in [-0.2, -0.15) is 5.26 Å². The zero-order valence-electron chi connectivity index (χ0n) is 14.4. The van der Waals surface area contributed by atoms with Crippen LogP contribution in [0.1, 0.15) is 16.7 Å². The maximum absolute atomic E-state index is 13.5. The van der Waals surface area contributed by atoms with Crippen molar-refractivity contribution in [2.24, 2.45) is 0 Å². The molecule has 2 nitrogen and oxygen atoms in total. The van der Waals surface area contributed by atoms with Gasteiger partial charge in [-0.05, 0) is 92.7 Å². The Morgan fingerprint density at radius 1 is 1.07 bits per heavy atom. The fourth-order valence-electron chi connectivity index (χ4n) is 2.57. The van der Waals surface area contributed by atoms with Crippen molar-refractivity contribution in [2.45, 2.75) is 6.61 Å². The summed E-state index contributed by atoms with van der Waals surface area (Å²) in [5, 5.41) is 10.1. The van der Waals surface area contributed by atoms with Crippen molar-refractivity contribution in [3.05, 3.63) is 95.3 Å². The lowest BCUT2D eigenvalue weighted by Crippen LogP contribution is -2.00. The van der Waals surface area contributed by atoms with Gasteiger partial charge in [0, 0.05) is 10.6 Å². The summed E-state index contributed by atoms with van der Waals surface area (Å²) in [7, 11) is 0. The molecule has 0 aliphatic carbocycles. The van der Waals surface area contributed by atoms with Gasteiger partial charge in [-0.25, -0.2) is 4.39 Å². The van der Waals surface area contributed by atoms with Crippen LogP contribution in [-0.4, -0.2) is 0 Å². The molecule has 0 N–H and O–H groups in total. The van der Waals surface area contributed by atoms with E-state index in [1.54, 1.807) is 18.2 Å². The number of rotatable bonds is 5. The molecule has 0 amide bonds. The molecular formula is C22H13ClFI2NO. The van der Waals surface area contributed by atoms with Crippen LogP contribution in [0.25, 0.3) is 11.6 Å². The summed E-state index contributed by atoms with van der Waals surface area (Å²) in [6.07, 6.45) is 1.75. The highest BCUT2D eigenvalue weighted by atomic mass is 127. The molecular weight excluding hydrogens is 603 g/mol. The van der Waals surface area contributed by atoms with Crippen molar-refractivity contribution in [3.63, 3.8) is 0 Å². The van der Waals surface area contributed by atoms with Crippen molar-refractivity contribution < 1.29 is 9.13 Å². The van der Waals surface area contributed by atoms with Gasteiger partial charge in [0.1, 0.15) is 18.2 Å². The number of hydrogen-bond donors (Lipinski definition) is 0. The van der Waals surface area contributed by atoms with Crippen molar-refractivity contribution in [2.75, 3.05) is 0 Å². The Morgan fingerprint density at radius 2 is 1.79 bits per heavy atom. The van der Waals surface area contributed by atoms with Gasteiger partial charge < -0.3 is 4.74 Å². The Kier molecular flexibility index (Phi) is 7.32. The highest BCUT2D eigenvalue weighted by Gasteiger charge is 2.11. The first-order valence-electron chi connectivity index (χ1n) is 8.21. The summed E-state index contributed by atoms with van der Waals surface area (Å²) in [6.45, 7) is 0.369. The van der Waals surface area contributed by atoms with Crippen LogP contribution in [0.15, 0.2) is 60.7 Å². The van der Waals surface area contributed by atoms with Crippen LogP contribution in [0.3, 0.4) is 0 Å². The van der Waals surface area contributed by atoms with Crippen LogP contribution in [-0.2, 0) is 6.61 Å². The minimum Gasteiger partial charge on any atom is -0.487 e. The molecule has 0 atom stereocenters. The summed E-state index contributed by atoms with van der Waals surface area (Å²) in [4.78, 5) is 0. The van der Waals surface area contributed by atoms with Crippen molar-refractivity contribution in [1.29, 1.82) is 5.26 Å². The second-order valence-corrected chi connectivity index (χ2v) is 8.61. The fraction of sp³-hybridized carbons (Fsp3) is 0.0455. The van der Waals surface area contributed by atoms with Crippen LogP contribution >= 0.6 is 56.8 Å². The molecule has 0 saturated carbocycles. The van der Waals surface area contributed by atoms with E-state index in [2.05, 4.69) is 51.3 Å². The van der Waals surface area contributed by atoms with Crippen molar-refractivity contribution >= 4 is 68.4 Å². The van der Waals surface area contributed by atoms with Gasteiger partial charge in [0.25, 0.3) is 0 Å². The summed E-state index contributed by atoms with van der Waals surface area (Å²) in [6, 6.07) is 19.6. The minimum atomic E-state index is -0.369. The molecule has 6 heteroatoms. The Bertz CT molecular complexity index is 1070. The van der Waals surface area contributed by atoms with Crippen molar-refractivity contribution in [1.82, 2.24) is 0 Å². The first kappa shape index (κ1) is 21.1. The van der Waals surface area contributed by atoms with Crippen LogP contribution < -0.4 is 4.74 Å². The number of benzene rings is 3. The largest absolute Gasteiger partial charge is 0.487 e. The molecule has 0 saturated heterocycles. The molecule has 140 valence electrons. The molecule has 3 rings (SSSR count). The van der Waals surface area contributed by atoms with Crippen LogP contribution in [0.5, 0.6) is 5.75 Å². The van der Waals surface area contributed by atoms with Gasteiger partial charge in [-0.3, -0.25) is 0 Å². The number of hydrogen-bond acceptors (Lipinski definition) is 2. The molecule has 0 heterocycles. The quantitative estimate of drug-likeness (QED) is 0.171. The Hall–Kier alpha value is -1.63. The first-order chi connectivity index (χ1) is 13.5. The van der Waals surface area contributed by atoms with Gasteiger partial charge in [-0.1, -0.05) is 41.9 Å². The van der Waals surface area contributed by atoms with E-state index in [4.69, 9.17) is 16.3 Å². The molecule has 28 heavy (non-hydrogen) atoms. The minimum absolute atomic E-state index is 0.369. The van der Waals surface area contributed by atoms with Gasteiger partial charge >= 0.3 is 0 Å². The lowest BCUT2D eigenvalue weighted by Gasteiger charge is -2.12. The van der Waals surface area contributed by atoms with E-state index in [1.165, 1.54) is 12.1 Å². The number of ether oxygens (including phenoxy) is 1. The average molecular weight is 616 g/mol. The second kappa shape index (κ2) is 9.72. The molecule has 0 bridgehead atoms. The zero-order valence-corrected chi connectivity index (χ0v) is 19.5. The topological polar surface area (TPSA) is 33.0 Å². The summed E-state index contributed by atoms with van der Waals surface area (Å²) < 4.78 is 21.3. The number of nitrogens with zero attached hydrogens (tertiary/aromatic N) is 1. The molecule has 0 radical (unpaired) electrons. The SMILES string of the molecule is N#C/C(=C/c1cc(I)c(OCc2ccccc2Cl)c(I)c1)c1cccc(F)c1. The molecule has 0 fully saturated rings. The van der Waals surface area contributed by atoms with E-state index in [0.717, 1.165) is 24.0 Å². The third kappa shape index (κ3) is 5.25. The third-order valence-corrected chi connectivity index (χ3v) is 5.89. The standard InChI is InChI=1S/C22H13ClFI2NO/c23-19-7-2-1-4-16(19)13-28-22-20(25)9-14(10-21(22)26)8-17(12-27)15-5-3-6-18(24)11-15/h1-11H,13H2/b17-8-. The van der Waals surface area contributed by atoms with E-state index < -0.39 is 0 Å². The first-order valence-corrected chi connectivity index (χ1v) is 10.7. The molecule has 0 unspecified atom stereocenters. The van der Waals surface area contributed by atoms with Gasteiger partial charge in [0.15, 0.2) is 0 Å². The number of allylic oxidation sites excluding steroid dienone is 1. The molecule has 0 spiro atoms. The predicted molar refractivity (Wildman–Crippen MR) is 128 cm³/mol. The van der Waals surface area contributed by atoms with Crippen LogP contribution in [0.4, 0.5) is 4.39 Å². The number of halogens is 4. The molecule has 0 aromatic heterocycles. The highest BCUT2D eigenvalue weighted by molar-refractivity contribution is 14.1. The lowest BCUT2D eigenvalue weighted by atomic mass is 10.0. The maximum Gasteiger partial charge on any atom is 0.146 e. The normalized spacial score (nSPS) is 11.2. The summed E-state index contributed by atoms with van der Waals surface area (Å²) >= 11 is 10.6. The molecule has 3 aromatic rings. The summed E-state index contributed by atoms with van der Waals surface area (Å²) in [5.41, 5.74) is 2.71. The van der Waals surface area contributed by atoms with E-state index in [0.29, 0.717) is 22.8 Å². The Labute approximate surface area is 195 Å². The smallest absolute Gasteiger partial charge is 0.146 e. The predicted octanol–water partition coefficient (Wildman–Crippen LogP) is 7.33. The van der Waals surface area contributed by atoms with E-state index in [9.17, 15) is 9.65 Å². The second-order valence-electron chi connectivity index (χ2n) is 5.87. The van der Waals surface area contributed by atoms with Crippen LogP contribution in [0.2, 0.25) is 5.02 Å². The van der Waals surface area contributed by atoms with Crippen LogP contribution in [0, 0.1) is 24.3 Å². The summed E-state index contributed by atoms with van der Waals surface area (Å²) in [5.74, 6) is 0.397. The Morgan fingerprint density at radius 3 is 2.43 bits per heavy atom. The zero-order chi connectivity index (χ0) is 20.1. The van der Waals surface area contributed by atoms with Gasteiger partial charge in [0.05, 0.1) is 18.8 Å². The number of nitriles is 1. The molecule has 0 aliphatic heterocycles. The Balaban J connectivity index is 1.87. The van der Waals surface area contributed by atoms with Gasteiger partial charge in [0.2, 0.25) is 0 Å². The van der Waals surface area contributed by atoms with E-state index in [-0.39, 0.29) is 5.82 Å². The lowest BCUT2D eigenvalue weighted by molar-refractivity contribution is 0.302. The fourth-order valence-corrected chi connectivity index (χ4v) is 4.89. The van der Waals surface area contributed by atoms with Crippen molar-refractivity contribution in [3.8, 4) is 11.8 Å². The van der Waals surface area contributed by atoms with Gasteiger partial charge in [-0.15, -0.1) is 0 Å². The maximum atomic E-state index is 13.5. The van der Waals surface area contributed by atoms with E-state index in [1.807, 2.05) is 36.4 Å². The third-order valence-electron chi connectivity index (χ3n) is 3.92. The average Bonchev–Trinajstić information content (AvgIpc) is 2.66. The highest BCUT2D eigenvalue weighted by Crippen LogP contribution is 2.32. The molecule has 0 aliphatic rings. The monoisotopic (exact) mass is 615 g/mol. The van der Waals surface area contributed by atoms with E-state index >= 15 is 0 Å².